The molecule has 0 aromatic rings. The van der Waals surface area contributed by atoms with Crippen molar-refractivity contribution in [3.8, 4) is 0 Å². The molecular weight excluding hydrogens is 404 g/mol. The summed E-state index contributed by atoms with van der Waals surface area (Å²) in [6.07, 6.45) is 0.975. The summed E-state index contributed by atoms with van der Waals surface area (Å²) < 4.78 is 0. The van der Waals surface area contributed by atoms with Crippen LogP contribution in [0, 0.1) is 11.3 Å². The van der Waals surface area contributed by atoms with Crippen molar-refractivity contribution >= 4 is 29.8 Å². The van der Waals surface area contributed by atoms with Crippen LogP contribution in [0.15, 0.2) is 0 Å². The second kappa shape index (κ2) is 18.1. The Balaban J connectivity index is -0.000000372. The van der Waals surface area contributed by atoms with Gasteiger partial charge in [0.2, 0.25) is 5.91 Å². The summed E-state index contributed by atoms with van der Waals surface area (Å²) >= 11 is 0. The van der Waals surface area contributed by atoms with Gasteiger partial charge in [0.25, 0.3) is 0 Å². The minimum atomic E-state index is -1.24. The summed E-state index contributed by atoms with van der Waals surface area (Å²) in [5.74, 6) is -3.73. The van der Waals surface area contributed by atoms with Gasteiger partial charge in [-0.1, -0.05) is 13.8 Å². The Hall–Kier alpha value is -2.97. The predicted molar refractivity (Wildman–Crippen MR) is 108 cm³/mol. The predicted octanol–water partition coefficient (Wildman–Crippen LogP) is -2.72. The van der Waals surface area contributed by atoms with Crippen molar-refractivity contribution in [1.29, 1.82) is 5.41 Å². The van der Waals surface area contributed by atoms with Crippen LogP contribution in [0.1, 0.15) is 33.6 Å². The maximum absolute atomic E-state index is 10.2. The third-order valence-electron chi connectivity index (χ3n) is 3.19. The fourth-order valence-corrected chi connectivity index (χ4v) is 1.38. The summed E-state index contributed by atoms with van der Waals surface area (Å²) in [5.41, 5.74) is 15.4. The number of carbonyl (C=O) groups excluding carboxylic acids is 1. The van der Waals surface area contributed by atoms with Gasteiger partial charge >= 0.3 is 17.9 Å². The van der Waals surface area contributed by atoms with Gasteiger partial charge in [-0.3, -0.25) is 19.8 Å². The number of nitrogens with two attached hydrogens (primary N) is 3. The van der Waals surface area contributed by atoms with Crippen molar-refractivity contribution in [3.05, 3.63) is 0 Å². The largest absolute Gasteiger partial charge is 0.480 e. The van der Waals surface area contributed by atoms with Crippen molar-refractivity contribution in [2.45, 2.75) is 51.7 Å². The van der Waals surface area contributed by atoms with Gasteiger partial charge < -0.3 is 48.3 Å². The smallest absolute Gasteiger partial charge is 0.328 e. The molecule has 176 valence electrons. The first-order valence-electron chi connectivity index (χ1n) is 8.82. The SMILES string of the molecule is CC(=O)NC(CO)C(=O)O.CC(C)C(N)C(=O)O.N=C(N)NCCCC(N)C(=O)O. The molecule has 3 atom stereocenters. The standard InChI is InChI=1S/C6H14N4O2.C5H9NO4.C5H11NO2/c7-4(5(11)12)2-1-3-10-6(8)9;1-3(8)6-4(2-7)5(9)10;1-3(2)4(6)5(7)8/h4H,1-3,7H2,(H,11,12)(H4,8,9,10);4,7H,2H2,1H3,(H,6,8)(H,9,10);3-4H,6H2,1-2H3,(H,7,8). The maximum atomic E-state index is 10.2. The first-order valence-corrected chi connectivity index (χ1v) is 8.82. The molecule has 0 saturated heterocycles. The zero-order valence-electron chi connectivity index (χ0n) is 17.3. The molecule has 14 heteroatoms. The number of aliphatic carboxylic acids is 3. The van der Waals surface area contributed by atoms with Crippen LogP contribution in [-0.2, 0) is 19.2 Å². The van der Waals surface area contributed by atoms with E-state index in [4.69, 9.17) is 43.0 Å². The monoisotopic (exact) mass is 438 g/mol. The molecule has 0 saturated carbocycles. The van der Waals surface area contributed by atoms with E-state index in [-0.39, 0.29) is 11.9 Å². The van der Waals surface area contributed by atoms with Crippen LogP contribution >= 0.6 is 0 Å². The Bertz CT molecular complexity index is 558. The normalized spacial score (nSPS) is 12.6. The Morgan fingerprint density at radius 1 is 1.00 bits per heavy atom. The molecule has 0 aromatic carbocycles. The quantitative estimate of drug-likeness (QED) is 0.0946. The topological polar surface area (TPSA) is 275 Å². The molecule has 0 aliphatic heterocycles. The summed E-state index contributed by atoms with van der Waals surface area (Å²) in [6.45, 7) is 4.63. The van der Waals surface area contributed by atoms with E-state index in [1.165, 1.54) is 6.92 Å². The minimum absolute atomic E-state index is 0.0208. The van der Waals surface area contributed by atoms with Crippen LogP contribution in [-0.4, -0.2) is 81.5 Å². The Labute approximate surface area is 174 Å². The number of aliphatic hydroxyl groups excluding tert-OH is 1. The minimum Gasteiger partial charge on any atom is -0.480 e. The van der Waals surface area contributed by atoms with Crippen LogP contribution in [0.25, 0.3) is 0 Å². The first kappa shape index (κ1) is 31.7. The molecule has 0 spiro atoms. The zero-order valence-corrected chi connectivity index (χ0v) is 17.3. The number of hydrogen-bond donors (Lipinski definition) is 10. The van der Waals surface area contributed by atoms with Crippen LogP contribution in [0.5, 0.6) is 0 Å². The lowest BCUT2D eigenvalue weighted by Crippen LogP contribution is -2.42. The molecule has 0 radical (unpaired) electrons. The van der Waals surface area contributed by atoms with Crippen molar-refractivity contribution in [2.75, 3.05) is 13.2 Å². The van der Waals surface area contributed by atoms with Crippen LogP contribution in [0.4, 0.5) is 0 Å². The van der Waals surface area contributed by atoms with Crippen molar-refractivity contribution in [3.63, 3.8) is 0 Å². The molecular formula is C16H34N6O8. The highest BCUT2D eigenvalue weighted by atomic mass is 16.4. The molecule has 0 heterocycles. The highest BCUT2D eigenvalue weighted by molar-refractivity contribution is 5.82. The molecule has 3 unspecified atom stereocenters. The number of rotatable bonds is 10. The fourth-order valence-electron chi connectivity index (χ4n) is 1.38. The fraction of sp³-hybridized carbons (Fsp3) is 0.688. The Morgan fingerprint density at radius 2 is 1.50 bits per heavy atom. The van der Waals surface area contributed by atoms with Gasteiger partial charge in [0.05, 0.1) is 6.61 Å². The number of carbonyl (C=O) groups is 4. The highest BCUT2D eigenvalue weighted by Gasteiger charge is 2.16. The molecule has 0 aromatic heterocycles. The number of carboxylic acid groups (broad SMARTS) is 3. The van der Waals surface area contributed by atoms with E-state index >= 15 is 0 Å². The van der Waals surface area contributed by atoms with E-state index in [9.17, 15) is 19.2 Å². The van der Waals surface area contributed by atoms with Gasteiger partial charge in [0.1, 0.15) is 18.1 Å². The van der Waals surface area contributed by atoms with Crippen LogP contribution < -0.4 is 27.8 Å². The molecule has 0 rings (SSSR count). The zero-order chi connectivity index (χ0) is 24.4. The average molecular weight is 438 g/mol. The van der Waals surface area contributed by atoms with Gasteiger partial charge in [-0.15, -0.1) is 0 Å². The molecule has 1 amide bonds. The third-order valence-corrected chi connectivity index (χ3v) is 3.19. The lowest BCUT2D eigenvalue weighted by atomic mass is 10.1. The number of aliphatic hydroxyl groups is 1. The van der Waals surface area contributed by atoms with Gasteiger partial charge in [-0.05, 0) is 18.8 Å². The summed E-state index contributed by atoms with van der Waals surface area (Å²) in [7, 11) is 0. The van der Waals surface area contributed by atoms with E-state index in [0.717, 1.165) is 0 Å². The maximum Gasteiger partial charge on any atom is 0.328 e. The lowest BCUT2D eigenvalue weighted by Gasteiger charge is -2.08. The van der Waals surface area contributed by atoms with E-state index in [1.807, 2.05) is 5.32 Å². The van der Waals surface area contributed by atoms with Gasteiger partial charge in [0.15, 0.2) is 5.96 Å². The van der Waals surface area contributed by atoms with E-state index < -0.39 is 48.5 Å². The molecule has 30 heavy (non-hydrogen) atoms. The average Bonchev–Trinajstić information content (AvgIpc) is 2.62. The third kappa shape index (κ3) is 21.3. The summed E-state index contributed by atoms with van der Waals surface area (Å²) in [6, 6.07) is -2.72. The number of amides is 1. The van der Waals surface area contributed by atoms with Crippen molar-refractivity contribution in [2.24, 2.45) is 23.1 Å². The molecule has 0 fully saturated rings. The molecule has 0 aliphatic rings. The first-order chi connectivity index (χ1) is 13.7. The highest BCUT2D eigenvalue weighted by Crippen LogP contribution is 1.96. The molecule has 13 N–H and O–H groups in total. The van der Waals surface area contributed by atoms with Crippen molar-refractivity contribution in [1.82, 2.24) is 10.6 Å². The van der Waals surface area contributed by atoms with Gasteiger partial charge in [0, 0.05) is 13.5 Å². The van der Waals surface area contributed by atoms with Gasteiger partial charge in [-0.25, -0.2) is 4.79 Å². The number of nitrogens with one attached hydrogen (secondary N) is 3. The van der Waals surface area contributed by atoms with Crippen LogP contribution in [0.3, 0.4) is 0 Å². The Kier molecular flexibility index (Phi) is 19.1. The molecule has 0 bridgehead atoms. The van der Waals surface area contributed by atoms with Crippen molar-refractivity contribution < 1.29 is 39.6 Å². The molecule has 14 nitrogen and oxygen atoms in total. The summed E-state index contributed by atoms with van der Waals surface area (Å²) in [4.78, 5) is 40.6. The van der Waals surface area contributed by atoms with Crippen LogP contribution in [0.2, 0.25) is 0 Å². The molecule has 0 aliphatic carbocycles. The second-order valence-corrected chi connectivity index (χ2v) is 6.31. The Morgan fingerprint density at radius 3 is 1.70 bits per heavy atom. The van der Waals surface area contributed by atoms with E-state index in [0.29, 0.717) is 19.4 Å². The lowest BCUT2D eigenvalue weighted by molar-refractivity contribution is -0.142. The number of carboxylic acids is 3. The number of guanidine groups is 1. The number of hydrogen-bond acceptors (Lipinski definition) is 8. The van der Waals surface area contributed by atoms with E-state index in [1.54, 1.807) is 13.8 Å². The van der Waals surface area contributed by atoms with Gasteiger partial charge in [-0.2, -0.15) is 0 Å². The summed E-state index contributed by atoms with van der Waals surface area (Å²) in [5, 5.41) is 44.6. The second-order valence-electron chi connectivity index (χ2n) is 6.31. The van der Waals surface area contributed by atoms with E-state index in [2.05, 4.69) is 5.32 Å².